The normalized spacial score (nSPS) is 11.2. The third kappa shape index (κ3) is 5.14. The van der Waals surface area contributed by atoms with Gasteiger partial charge in [0.15, 0.2) is 5.13 Å². The maximum atomic E-state index is 13.2. The summed E-state index contributed by atoms with van der Waals surface area (Å²) in [5.74, 6) is 0.902. The van der Waals surface area contributed by atoms with Gasteiger partial charge in [0.05, 0.1) is 50.4 Å². The van der Waals surface area contributed by atoms with Gasteiger partial charge in [-0.15, -0.1) is 0 Å². The topological polar surface area (TPSA) is 46.9 Å². The van der Waals surface area contributed by atoms with Crippen molar-refractivity contribution in [1.29, 1.82) is 0 Å². The highest BCUT2D eigenvalue weighted by Crippen LogP contribution is 2.33. The molecule has 0 spiro atoms. The first kappa shape index (κ1) is 21.3. The largest absolute Gasteiger partial charge is 0.494 e. The van der Waals surface area contributed by atoms with Crippen LogP contribution in [0.4, 0.5) is 5.13 Å². The average Bonchev–Trinajstić information content (AvgIpc) is 3.13. The minimum Gasteiger partial charge on any atom is -0.494 e. The molecule has 0 aliphatic heterocycles. The summed E-state index contributed by atoms with van der Waals surface area (Å²) in [6.07, 6.45) is 0.350. The van der Waals surface area contributed by atoms with Crippen molar-refractivity contribution in [3.63, 3.8) is 0 Å². The Labute approximate surface area is 176 Å². The van der Waals surface area contributed by atoms with E-state index in [4.69, 9.17) is 9.72 Å². The molecule has 2 aromatic carbocycles. The highest BCUT2D eigenvalue weighted by molar-refractivity contribution is 7.22. The highest BCUT2D eigenvalue weighted by atomic mass is 32.1. The van der Waals surface area contributed by atoms with E-state index >= 15 is 0 Å². The maximum Gasteiger partial charge on any atom is 0.233 e. The van der Waals surface area contributed by atoms with Crippen molar-refractivity contribution in [2.75, 3.05) is 38.7 Å². The summed E-state index contributed by atoms with van der Waals surface area (Å²) in [5.41, 5.74) is 4.33. The summed E-state index contributed by atoms with van der Waals surface area (Å²) in [6.45, 7) is 8.28. The lowest BCUT2D eigenvalue weighted by Gasteiger charge is -2.21. The van der Waals surface area contributed by atoms with Gasteiger partial charge in [-0.05, 0) is 49.6 Å². The summed E-state index contributed by atoms with van der Waals surface area (Å²) >= 11 is 1.61. The molecule has 1 aromatic heterocycles. The number of nitrogens with zero attached hydrogens (tertiary/aromatic N) is 2. The minimum absolute atomic E-state index is 0.0739. The monoisotopic (exact) mass is 412 g/mol. The van der Waals surface area contributed by atoms with Crippen molar-refractivity contribution >= 4 is 32.6 Å². The Hall–Kier alpha value is -2.44. The van der Waals surface area contributed by atoms with Crippen LogP contribution in [0.25, 0.3) is 10.2 Å². The number of rotatable bonds is 8. The second kappa shape index (κ2) is 9.37. The van der Waals surface area contributed by atoms with Crippen molar-refractivity contribution in [2.24, 2.45) is 0 Å². The summed E-state index contributed by atoms with van der Waals surface area (Å²) in [5, 5.41) is 0.787. The van der Waals surface area contributed by atoms with Crippen LogP contribution < -0.4 is 14.5 Å². The van der Waals surface area contributed by atoms with E-state index in [1.165, 1.54) is 10.5 Å². The van der Waals surface area contributed by atoms with Crippen LogP contribution in [0.3, 0.4) is 0 Å². The number of hydrogen-bond acceptors (Lipinski definition) is 4. The number of carbonyl (C=O) groups excluding carboxylic acids is 1. The van der Waals surface area contributed by atoms with E-state index in [1.807, 2.05) is 36.1 Å². The van der Waals surface area contributed by atoms with Gasteiger partial charge in [0.25, 0.3) is 0 Å². The molecule has 0 unspecified atom stereocenters. The van der Waals surface area contributed by atoms with Crippen LogP contribution in [-0.2, 0) is 11.2 Å². The number of aryl methyl sites for hydroxylation is 2. The lowest BCUT2D eigenvalue weighted by Crippen LogP contribution is -3.06. The van der Waals surface area contributed by atoms with Crippen LogP contribution in [0.1, 0.15) is 23.6 Å². The number of anilines is 1. The fourth-order valence-corrected chi connectivity index (χ4v) is 4.32. The number of nitrogens with one attached hydrogen (secondary N) is 1. The molecule has 0 aliphatic rings. The van der Waals surface area contributed by atoms with Gasteiger partial charge < -0.3 is 9.64 Å². The smallest absolute Gasteiger partial charge is 0.233 e. The van der Waals surface area contributed by atoms with Crippen LogP contribution in [0.15, 0.2) is 36.4 Å². The fraction of sp³-hybridized carbons (Fsp3) is 0.391. The predicted octanol–water partition coefficient (Wildman–Crippen LogP) is 3.03. The number of carbonyl (C=O) groups is 1. The van der Waals surface area contributed by atoms with Gasteiger partial charge in [0.1, 0.15) is 5.75 Å². The Kier molecular flexibility index (Phi) is 6.87. The Morgan fingerprint density at radius 3 is 2.41 bits per heavy atom. The van der Waals surface area contributed by atoms with Crippen molar-refractivity contribution in [1.82, 2.24) is 4.98 Å². The summed E-state index contributed by atoms with van der Waals surface area (Å²) in [6, 6.07) is 12.0. The maximum absolute atomic E-state index is 13.2. The van der Waals surface area contributed by atoms with Gasteiger partial charge >= 0.3 is 0 Å². The van der Waals surface area contributed by atoms with E-state index in [2.05, 4.69) is 40.1 Å². The van der Waals surface area contributed by atoms with Gasteiger partial charge in [0.2, 0.25) is 5.91 Å². The molecule has 0 saturated carbocycles. The predicted molar refractivity (Wildman–Crippen MR) is 120 cm³/mol. The first-order chi connectivity index (χ1) is 13.9. The van der Waals surface area contributed by atoms with Crippen LogP contribution in [0.5, 0.6) is 5.75 Å². The molecular formula is C23H30N3O2S+. The second-order valence-electron chi connectivity index (χ2n) is 7.63. The Balaban J connectivity index is 1.87. The number of thiazole rings is 1. The lowest BCUT2D eigenvalue weighted by atomic mass is 10.1. The van der Waals surface area contributed by atoms with Gasteiger partial charge in [-0.2, -0.15) is 0 Å². The first-order valence-electron chi connectivity index (χ1n) is 10.1. The van der Waals surface area contributed by atoms with Gasteiger partial charge in [-0.1, -0.05) is 35.6 Å². The van der Waals surface area contributed by atoms with E-state index in [0.717, 1.165) is 38.8 Å². The van der Waals surface area contributed by atoms with Crippen molar-refractivity contribution in [3.05, 3.63) is 53.1 Å². The zero-order chi connectivity index (χ0) is 21.0. The molecular weight excluding hydrogens is 382 g/mol. The number of fused-ring (bicyclic) bond motifs is 1. The molecule has 5 nitrogen and oxygen atoms in total. The number of benzene rings is 2. The number of likely N-dealkylation sites (N-methyl/N-ethyl adjacent to an activating group) is 1. The standard InChI is InChI=1S/C23H29N3O2S/c1-6-28-19-11-9-18(10-12-19)15-20(27)26(14-13-25(4)5)23-24-21-16(2)7-8-17(3)22(21)29-23/h7-12H,6,13-15H2,1-5H3/p+1. The quantitative estimate of drug-likeness (QED) is 0.619. The highest BCUT2D eigenvalue weighted by Gasteiger charge is 2.22. The fourth-order valence-electron chi connectivity index (χ4n) is 3.17. The Morgan fingerprint density at radius 1 is 1.10 bits per heavy atom. The molecule has 1 N–H and O–H groups in total. The van der Waals surface area contributed by atoms with E-state index in [0.29, 0.717) is 19.6 Å². The summed E-state index contributed by atoms with van der Waals surface area (Å²) in [4.78, 5) is 21.2. The number of aromatic nitrogens is 1. The molecule has 0 aliphatic carbocycles. The van der Waals surface area contributed by atoms with Crippen LogP contribution in [-0.4, -0.2) is 44.7 Å². The molecule has 0 saturated heterocycles. The van der Waals surface area contributed by atoms with Gasteiger partial charge in [0, 0.05) is 0 Å². The van der Waals surface area contributed by atoms with E-state index in [-0.39, 0.29) is 5.91 Å². The zero-order valence-corrected chi connectivity index (χ0v) is 18.7. The number of ether oxygens (including phenoxy) is 1. The third-order valence-corrected chi connectivity index (χ3v) is 6.10. The van der Waals surface area contributed by atoms with Crippen LogP contribution >= 0.6 is 11.3 Å². The molecule has 6 heteroatoms. The van der Waals surface area contributed by atoms with Crippen LogP contribution in [0.2, 0.25) is 0 Å². The van der Waals surface area contributed by atoms with Crippen molar-refractivity contribution in [3.8, 4) is 5.75 Å². The molecule has 154 valence electrons. The van der Waals surface area contributed by atoms with Crippen molar-refractivity contribution < 1.29 is 14.4 Å². The molecule has 0 fully saturated rings. The van der Waals surface area contributed by atoms with E-state index in [9.17, 15) is 4.79 Å². The molecule has 1 heterocycles. The van der Waals surface area contributed by atoms with Gasteiger partial charge in [-0.25, -0.2) is 4.98 Å². The first-order valence-corrected chi connectivity index (χ1v) is 10.9. The number of hydrogen-bond donors (Lipinski definition) is 1. The molecule has 1 amide bonds. The molecule has 3 rings (SSSR count). The van der Waals surface area contributed by atoms with Crippen LogP contribution in [0, 0.1) is 13.8 Å². The average molecular weight is 413 g/mol. The molecule has 0 radical (unpaired) electrons. The molecule has 0 atom stereocenters. The zero-order valence-electron chi connectivity index (χ0n) is 17.9. The Bertz CT molecular complexity index is 941. The number of quaternary nitrogens is 1. The van der Waals surface area contributed by atoms with Crippen molar-refractivity contribution in [2.45, 2.75) is 27.2 Å². The number of amides is 1. The SMILES string of the molecule is CCOc1ccc(CC(=O)N(CC[NH+](C)C)c2nc3c(C)ccc(C)c3s2)cc1. The molecule has 29 heavy (non-hydrogen) atoms. The molecule has 3 aromatic rings. The van der Waals surface area contributed by atoms with E-state index in [1.54, 1.807) is 11.3 Å². The second-order valence-corrected chi connectivity index (χ2v) is 8.61. The molecule has 0 bridgehead atoms. The van der Waals surface area contributed by atoms with Gasteiger partial charge in [-0.3, -0.25) is 9.69 Å². The lowest BCUT2D eigenvalue weighted by molar-refractivity contribution is -0.856. The summed E-state index contributed by atoms with van der Waals surface area (Å²) < 4.78 is 6.66. The minimum atomic E-state index is 0.0739. The third-order valence-electron chi connectivity index (χ3n) is 4.89. The van der Waals surface area contributed by atoms with E-state index < -0.39 is 0 Å². The Morgan fingerprint density at radius 2 is 1.79 bits per heavy atom. The summed E-state index contributed by atoms with van der Waals surface area (Å²) in [7, 11) is 4.20.